The summed E-state index contributed by atoms with van der Waals surface area (Å²) in [6.07, 6.45) is 3.71. The number of nitriles is 1. The largest absolute Gasteiger partial charge is 0.499 e. The smallest absolute Gasteiger partial charge is 0.139 e. The molecule has 287 valence electrons. The Hall–Kier alpha value is -5.66. The van der Waals surface area contributed by atoms with Gasteiger partial charge >= 0.3 is 0 Å². The van der Waals surface area contributed by atoms with Gasteiger partial charge < -0.3 is 14.4 Å². The molecule has 5 aromatic carbocycles. The van der Waals surface area contributed by atoms with Gasteiger partial charge in [-0.3, -0.25) is 0 Å². The molecule has 0 saturated heterocycles. The maximum absolute atomic E-state index is 10.2. The quantitative estimate of drug-likeness (QED) is 0.161. The minimum absolute atomic E-state index is 0. The second-order valence-electron chi connectivity index (χ2n) is 16.1. The minimum Gasteiger partial charge on any atom is -0.499 e. The van der Waals surface area contributed by atoms with Gasteiger partial charge in [0.2, 0.25) is 0 Å². The SMILES string of the molecule is CC(C)(C)c1ccc(-c2[c-]cccc2)nc1.[2H]c1cc(CC(C)(C)C)cc(C([2H])([2H])[2H])c1-c1cc(-c2[c-]ccc3c2oc2c(C#N)c(-c4ccccc4)ccc23)ncc1C([2H])([2H])[2H].[Ir]. The van der Waals surface area contributed by atoms with Crippen molar-refractivity contribution in [3.05, 3.63) is 168 Å². The van der Waals surface area contributed by atoms with Crippen molar-refractivity contribution in [2.24, 2.45) is 5.41 Å². The summed E-state index contributed by atoms with van der Waals surface area (Å²) in [6, 6.07) is 42.2. The first-order valence-electron chi connectivity index (χ1n) is 22.1. The summed E-state index contributed by atoms with van der Waals surface area (Å²) in [6.45, 7) is 7.39. The number of benzene rings is 5. The van der Waals surface area contributed by atoms with Gasteiger partial charge in [-0.25, -0.2) is 0 Å². The van der Waals surface area contributed by atoms with Crippen LogP contribution in [0, 0.1) is 42.6 Å². The molecule has 5 heteroatoms. The second-order valence-corrected chi connectivity index (χ2v) is 16.1. The topological polar surface area (TPSA) is 62.7 Å². The van der Waals surface area contributed by atoms with Crippen LogP contribution in [0.1, 0.15) is 79.0 Å². The number of nitrogens with zero attached hydrogens (tertiary/aromatic N) is 3. The maximum atomic E-state index is 10.2. The van der Waals surface area contributed by atoms with Crippen molar-refractivity contribution in [3.8, 4) is 50.8 Å². The van der Waals surface area contributed by atoms with Gasteiger partial charge in [0, 0.05) is 51.7 Å². The normalized spacial score (nSPS) is 13.7. The number of aromatic nitrogens is 2. The molecule has 0 spiro atoms. The van der Waals surface area contributed by atoms with Gasteiger partial charge in [0.1, 0.15) is 17.2 Å². The van der Waals surface area contributed by atoms with Gasteiger partial charge in [0.25, 0.3) is 0 Å². The van der Waals surface area contributed by atoms with Crippen molar-refractivity contribution in [2.45, 2.75) is 67.1 Å². The molecular weight excluding hydrogens is 875 g/mol. The van der Waals surface area contributed by atoms with Crippen molar-refractivity contribution in [1.82, 2.24) is 9.97 Å². The van der Waals surface area contributed by atoms with E-state index >= 15 is 0 Å². The van der Waals surface area contributed by atoms with Crippen LogP contribution >= 0.6 is 0 Å². The third kappa shape index (κ3) is 9.00. The molecule has 1 radical (unpaired) electrons. The Balaban J connectivity index is 0.000000336. The molecule has 3 heterocycles. The number of furan rings is 1. The van der Waals surface area contributed by atoms with Crippen molar-refractivity contribution in [1.29, 1.82) is 5.26 Å². The third-order valence-electron chi connectivity index (χ3n) is 9.58. The average molecular weight is 929 g/mol. The summed E-state index contributed by atoms with van der Waals surface area (Å²) in [5.41, 5.74) is 7.27. The van der Waals surface area contributed by atoms with E-state index in [0.29, 0.717) is 39.7 Å². The molecular formula is C52H47IrN3O-2. The number of hydrogen-bond donors (Lipinski definition) is 0. The molecule has 8 aromatic rings. The van der Waals surface area contributed by atoms with Crippen LogP contribution in [0.5, 0.6) is 0 Å². The average Bonchev–Trinajstić information content (AvgIpc) is 3.61. The molecule has 0 fully saturated rings. The van der Waals surface area contributed by atoms with Crippen molar-refractivity contribution >= 4 is 21.9 Å². The molecule has 0 amide bonds. The summed E-state index contributed by atoms with van der Waals surface area (Å²) in [7, 11) is 0. The Morgan fingerprint density at radius 3 is 2.14 bits per heavy atom. The van der Waals surface area contributed by atoms with E-state index in [1.165, 1.54) is 17.8 Å². The summed E-state index contributed by atoms with van der Waals surface area (Å²) < 4.78 is 65.3. The van der Waals surface area contributed by atoms with Crippen LogP contribution in [0.25, 0.3) is 66.7 Å². The maximum Gasteiger partial charge on any atom is 0.139 e. The Labute approximate surface area is 360 Å². The fourth-order valence-electron chi connectivity index (χ4n) is 6.79. The second kappa shape index (κ2) is 16.8. The molecule has 0 aliphatic carbocycles. The van der Waals surface area contributed by atoms with Crippen LogP contribution in [-0.4, -0.2) is 9.97 Å². The fourth-order valence-corrected chi connectivity index (χ4v) is 6.79. The van der Waals surface area contributed by atoms with Crippen molar-refractivity contribution < 1.29 is 34.1 Å². The Morgan fingerprint density at radius 1 is 0.719 bits per heavy atom. The number of hydrogen-bond acceptors (Lipinski definition) is 4. The van der Waals surface area contributed by atoms with Crippen molar-refractivity contribution in [2.75, 3.05) is 0 Å². The van der Waals surface area contributed by atoms with E-state index in [2.05, 4.69) is 61.1 Å². The molecule has 57 heavy (non-hydrogen) atoms. The summed E-state index contributed by atoms with van der Waals surface area (Å²) in [5, 5.41) is 11.6. The first-order chi connectivity index (χ1) is 29.6. The first-order valence-corrected chi connectivity index (χ1v) is 18.6. The van der Waals surface area contributed by atoms with Gasteiger partial charge in [-0.2, -0.15) is 5.26 Å². The third-order valence-corrected chi connectivity index (χ3v) is 9.58. The minimum atomic E-state index is -2.64. The molecule has 3 aromatic heterocycles. The van der Waals surface area contributed by atoms with Crippen LogP contribution in [0.15, 0.2) is 132 Å². The van der Waals surface area contributed by atoms with E-state index in [4.69, 9.17) is 14.0 Å². The molecule has 0 atom stereocenters. The predicted molar refractivity (Wildman–Crippen MR) is 231 cm³/mol. The van der Waals surface area contributed by atoms with Gasteiger partial charge in [0.05, 0.1) is 6.95 Å². The zero-order valence-electron chi connectivity index (χ0n) is 39.8. The van der Waals surface area contributed by atoms with Crippen LogP contribution in [0.2, 0.25) is 0 Å². The van der Waals surface area contributed by atoms with Gasteiger partial charge in [0.15, 0.2) is 0 Å². The van der Waals surface area contributed by atoms with Crippen LogP contribution in [-0.2, 0) is 31.9 Å². The van der Waals surface area contributed by atoms with Gasteiger partial charge in [-0.1, -0.05) is 131 Å². The van der Waals surface area contributed by atoms with Crippen LogP contribution < -0.4 is 0 Å². The molecule has 0 aliphatic rings. The molecule has 0 bridgehead atoms. The van der Waals surface area contributed by atoms with E-state index < -0.39 is 13.7 Å². The van der Waals surface area contributed by atoms with E-state index in [1.54, 1.807) is 18.2 Å². The Bertz CT molecular complexity index is 2980. The number of aryl methyl sites for hydroxylation is 2. The molecule has 8 rings (SSSR count). The summed E-state index contributed by atoms with van der Waals surface area (Å²) >= 11 is 0. The van der Waals surface area contributed by atoms with Gasteiger partial charge in [-0.15, -0.1) is 54.1 Å². The molecule has 0 saturated carbocycles. The van der Waals surface area contributed by atoms with E-state index in [-0.39, 0.29) is 64.9 Å². The molecule has 0 N–H and O–H groups in total. The number of pyridine rings is 2. The van der Waals surface area contributed by atoms with E-state index in [0.717, 1.165) is 27.8 Å². The van der Waals surface area contributed by atoms with E-state index in [9.17, 15) is 5.26 Å². The monoisotopic (exact) mass is 929 g/mol. The number of rotatable bonds is 5. The first kappa shape index (κ1) is 32.4. The Morgan fingerprint density at radius 2 is 1.47 bits per heavy atom. The van der Waals surface area contributed by atoms with E-state index in [1.807, 2.05) is 99.8 Å². The van der Waals surface area contributed by atoms with Crippen LogP contribution in [0.3, 0.4) is 0 Å². The fraction of sp³-hybridized carbons (Fsp3) is 0.212. The Kier molecular flexibility index (Phi) is 9.57. The summed E-state index contributed by atoms with van der Waals surface area (Å²) in [4.78, 5) is 8.98. The van der Waals surface area contributed by atoms with Crippen LogP contribution in [0.4, 0.5) is 0 Å². The molecule has 0 unspecified atom stereocenters. The number of fused-ring (bicyclic) bond motifs is 3. The van der Waals surface area contributed by atoms with Gasteiger partial charge in [-0.05, 0) is 81.3 Å². The zero-order valence-corrected chi connectivity index (χ0v) is 35.2. The standard InChI is InChI=1S/C37H31N2O.C15H16N.Ir/c1-23-18-25(20-37(3,4)5)14-15-27(23)32-19-34(39-22-24(32)2)31-13-9-12-29-30-17-16-28(26-10-7-6-8-11-26)33(21-38)36(30)40-35(29)31;1-15(2,3)13-9-10-14(16-11-13)12-7-5-4-6-8-12;/h6-12,14-19,22H,20H2,1-5H3;4-7,9-11H,1-3H3;/q2*-1;/i1D3,2D3,15D;;. The molecule has 0 aliphatic heterocycles. The summed E-state index contributed by atoms with van der Waals surface area (Å²) in [5.74, 6) is 0. The van der Waals surface area contributed by atoms with Crippen molar-refractivity contribution in [3.63, 3.8) is 0 Å². The predicted octanol–water partition coefficient (Wildman–Crippen LogP) is 13.7. The molecule has 4 nitrogen and oxygen atoms in total. The zero-order chi connectivity index (χ0) is 45.5.